The Hall–Kier alpha value is -2.48. The first-order chi connectivity index (χ1) is 13.4. The number of aryl methyl sites for hydroxylation is 1. The maximum Gasteiger partial charge on any atom is 0.263 e. The van der Waals surface area contributed by atoms with Crippen LogP contribution in [-0.2, 0) is 20.1 Å². The molecular weight excluding hydrogens is 358 g/mol. The number of hydrogen-bond donors (Lipinski definition) is 2. The van der Waals surface area contributed by atoms with E-state index < -0.39 is 0 Å². The lowest BCUT2D eigenvalue weighted by atomic mass is 9.79. The molecule has 0 spiro atoms. The van der Waals surface area contributed by atoms with Crippen LogP contribution in [0, 0.1) is 6.92 Å². The van der Waals surface area contributed by atoms with E-state index in [1.54, 1.807) is 17.7 Å². The van der Waals surface area contributed by atoms with Crippen LogP contribution in [0.2, 0.25) is 0 Å². The summed E-state index contributed by atoms with van der Waals surface area (Å²) in [6.07, 6.45) is 4.49. The van der Waals surface area contributed by atoms with Crippen molar-refractivity contribution in [3.63, 3.8) is 0 Å². The Labute approximate surface area is 163 Å². The van der Waals surface area contributed by atoms with Crippen LogP contribution < -0.4 is 10.9 Å². The normalized spacial score (nSPS) is 21.4. The van der Waals surface area contributed by atoms with Crippen molar-refractivity contribution in [1.29, 1.82) is 0 Å². The third-order valence-corrected chi connectivity index (χ3v) is 6.02. The number of carbonyl (C=O) groups is 1. The number of aliphatic hydroxyl groups is 1. The third-order valence-electron chi connectivity index (χ3n) is 6.02. The second-order valence-electron chi connectivity index (χ2n) is 7.98. The van der Waals surface area contributed by atoms with E-state index in [1.165, 1.54) is 0 Å². The Bertz CT molecular complexity index is 967. The summed E-state index contributed by atoms with van der Waals surface area (Å²) in [5, 5.41) is 20.9. The number of hydrogen-bond acceptors (Lipinski definition) is 5. The van der Waals surface area contributed by atoms with Gasteiger partial charge in [0.1, 0.15) is 18.0 Å². The molecule has 0 saturated heterocycles. The fraction of sp³-hybridized carbons (Fsp3) is 0.600. The topological polar surface area (TPSA) is 102 Å². The van der Waals surface area contributed by atoms with Crippen LogP contribution in [0.15, 0.2) is 10.9 Å². The lowest BCUT2D eigenvalue weighted by Crippen LogP contribution is -2.45. The first-order valence-corrected chi connectivity index (χ1v) is 9.99. The maximum atomic E-state index is 12.7. The average Bonchev–Trinajstić information content (AvgIpc) is 3.40. The molecule has 0 aromatic carbocycles. The second kappa shape index (κ2) is 7.16. The molecule has 0 aliphatic heterocycles. The first kappa shape index (κ1) is 18.9. The van der Waals surface area contributed by atoms with Gasteiger partial charge in [0.15, 0.2) is 5.82 Å². The molecule has 2 aromatic heterocycles. The summed E-state index contributed by atoms with van der Waals surface area (Å²) in [5.74, 6) is 1.45. The van der Waals surface area contributed by atoms with Gasteiger partial charge in [-0.1, -0.05) is 6.92 Å². The molecular formula is C20H27N5O3. The fourth-order valence-corrected chi connectivity index (χ4v) is 4.27. The van der Waals surface area contributed by atoms with Gasteiger partial charge in [0.05, 0.1) is 0 Å². The van der Waals surface area contributed by atoms with Gasteiger partial charge in [0, 0.05) is 30.7 Å². The van der Waals surface area contributed by atoms with Gasteiger partial charge in [-0.05, 0) is 50.7 Å². The molecule has 2 aromatic rings. The summed E-state index contributed by atoms with van der Waals surface area (Å²) < 4.78 is 3.65. The summed E-state index contributed by atoms with van der Waals surface area (Å²) in [6, 6.07) is 2.13. The van der Waals surface area contributed by atoms with Gasteiger partial charge in [0.2, 0.25) is 0 Å². The van der Waals surface area contributed by atoms with Crippen molar-refractivity contribution in [3.8, 4) is 0 Å². The summed E-state index contributed by atoms with van der Waals surface area (Å²) in [6.45, 7) is 3.82. The molecule has 28 heavy (non-hydrogen) atoms. The molecule has 2 aliphatic rings. The van der Waals surface area contributed by atoms with E-state index in [9.17, 15) is 14.7 Å². The maximum absolute atomic E-state index is 12.7. The molecule has 8 nitrogen and oxygen atoms in total. The number of rotatable bonds is 6. The molecule has 4 rings (SSSR count). The zero-order valence-corrected chi connectivity index (χ0v) is 16.6. The molecule has 0 unspecified atom stereocenters. The van der Waals surface area contributed by atoms with Crippen LogP contribution in [0.3, 0.4) is 0 Å². The molecule has 2 fully saturated rings. The number of amides is 1. The summed E-state index contributed by atoms with van der Waals surface area (Å²) >= 11 is 0. The van der Waals surface area contributed by atoms with Gasteiger partial charge < -0.3 is 19.6 Å². The monoisotopic (exact) mass is 385 g/mol. The highest BCUT2D eigenvalue weighted by Crippen LogP contribution is 2.42. The van der Waals surface area contributed by atoms with Gasteiger partial charge in [-0.2, -0.15) is 0 Å². The number of nitrogens with zero attached hydrogens (tertiary/aromatic N) is 4. The zero-order chi connectivity index (χ0) is 20.0. The van der Waals surface area contributed by atoms with Crippen LogP contribution in [0.25, 0.3) is 0 Å². The summed E-state index contributed by atoms with van der Waals surface area (Å²) in [4.78, 5) is 25.2. The van der Waals surface area contributed by atoms with Gasteiger partial charge in [-0.15, -0.1) is 10.2 Å². The predicted octanol–water partition coefficient (Wildman–Crippen LogP) is 1.35. The molecule has 0 atom stereocenters. The quantitative estimate of drug-likeness (QED) is 0.782. The van der Waals surface area contributed by atoms with Crippen LogP contribution >= 0.6 is 0 Å². The van der Waals surface area contributed by atoms with Crippen molar-refractivity contribution in [2.24, 2.45) is 7.05 Å². The van der Waals surface area contributed by atoms with Crippen LogP contribution in [0.4, 0.5) is 0 Å². The molecule has 150 valence electrons. The van der Waals surface area contributed by atoms with Gasteiger partial charge >= 0.3 is 0 Å². The average molecular weight is 385 g/mol. The number of nitrogens with one attached hydrogen (secondary N) is 1. The van der Waals surface area contributed by atoms with Crippen molar-refractivity contribution in [2.45, 2.75) is 70.6 Å². The zero-order valence-electron chi connectivity index (χ0n) is 16.6. The van der Waals surface area contributed by atoms with Gasteiger partial charge in [-0.25, -0.2) is 0 Å². The highest BCUT2D eigenvalue weighted by Gasteiger charge is 2.39. The predicted molar refractivity (Wildman–Crippen MR) is 103 cm³/mol. The molecule has 1 amide bonds. The highest BCUT2D eigenvalue weighted by atomic mass is 16.3. The minimum atomic E-state index is -0.311. The molecule has 2 saturated carbocycles. The van der Waals surface area contributed by atoms with Crippen LogP contribution in [-0.4, -0.2) is 36.4 Å². The Morgan fingerprint density at radius 2 is 2.04 bits per heavy atom. The Balaban J connectivity index is 1.44. The number of pyridine rings is 1. The fourth-order valence-electron chi connectivity index (χ4n) is 4.27. The van der Waals surface area contributed by atoms with Gasteiger partial charge in [-0.3, -0.25) is 9.59 Å². The number of carbonyl (C=O) groups excluding carboxylic acids is 1. The number of aromatic nitrogens is 4. The Morgan fingerprint density at radius 3 is 2.64 bits per heavy atom. The lowest BCUT2D eigenvalue weighted by Gasteiger charge is -2.35. The largest absolute Gasteiger partial charge is 0.388 e. The standard InChI is InChI=1S/C20H27N5O3/c1-4-16-11(2)7-15(20(28)24(16)3)19(27)21-13-8-12(9-13)18-23-22-17(10-26)25(18)14-5-6-14/h7,12-14,26H,4-6,8-10H2,1-3H3,(H,21,27). The molecule has 2 aliphatic carbocycles. The summed E-state index contributed by atoms with van der Waals surface area (Å²) in [5.41, 5.74) is 1.85. The molecule has 2 heterocycles. The van der Waals surface area contributed by atoms with Gasteiger partial charge in [0.25, 0.3) is 11.5 Å². The molecule has 0 radical (unpaired) electrons. The van der Waals surface area contributed by atoms with Crippen molar-refractivity contribution < 1.29 is 9.90 Å². The van der Waals surface area contributed by atoms with Crippen molar-refractivity contribution in [2.75, 3.05) is 0 Å². The van der Waals surface area contributed by atoms with E-state index in [-0.39, 0.29) is 35.6 Å². The molecule has 8 heteroatoms. The van der Waals surface area contributed by atoms with E-state index in [1.807, 2.05) is 13.8 Å². The smallest absolute Gasteiger partial charge is 0.263 e. The summed E-state index contributed by atoms with van der Waals surface area (Å²) in [7, 11) is 1.72. The number of aliphatic hydroxyl groups excluding tert-OH is 1. The van der Waals surface area contributed by atoms with E-state index in [4.69, 9.17) is 0 Å². The third kappa shape index (κ3) is 3.15. The lowest BCUT2D eigenvalue weighted by molar-refractivity contribution is 0.0904. The van der Waals surface area contributed by atoms with Crippen molar-refractivity contribution >= 4 is 5.91 Å². The Morgan fingerprint density at radius 1 is 1.32 bits per heavy atom. The first-order valence-electron chi connectivity index (χ1n) is 9.99. The second-order valence-corrected chi connectivity index (χ2v) is 7.98. The van der Waals surface area contributed by atoms with Crippen molar-refractivity contribution in [3.05, 3.63) is 44.9 Å². The minimum absolute atomic E-state index is 0.0234. The minimum Gasteiger partial charge on any atom is -0.388 e. The van der Waals surface area contributed by atoms with E-state index >= 15 is 0 Å². The van der Waals surface area contributed by atoms with Crippen LogP contribution in [0.5, 0.6) is 0 Å². The molecule has 0 bridgehead atoms. The van der Waals surface area contributed by atoms with Crippen LogP contribution in [0.1, 0.15) is 77.8 Å². The van der Waals surface area contributed by atoms with E-state index in [0.29, 0.717) is 11.9 Å². The Kier molecular flexibility index (Phi) is 4.82. The molecule has 2 N–H and O–H groups in total. The SMILES string of the molecule is CCc1c(C)cc(C(=O)NC2CC(c3nnc(CO)n3C3CC3)C2)c(=O)n1C. The van der Waals surface area contributed by atoms with Crippen molar-refractivity contribution in [1.82, 2.24) is 24.6 Å². The van der Waals surface area contributed by atoms with E-state index in [0.717, 1.165) is 49.2 Å². The van der Waals surface area contributed by atoms with E-state index in [2.05, 4.69) is 20.1 Å². The highest BCUT2D eigenvalue weighted by molar-refractivity contribution is 5.94.